The highest BCUT2D eigenvalue weighted by molar-refractivity contribution is 6.37. The second kappa shape index (κ2) is 6.91. The number of hydrogen-bond donors (Lipinski definition) is 0. The summed E-state index contributed by atoms with van der Waals surface area (Å²) in [6.45, 7) is 1.88. The Morgan fingerprint density at radius 1 is 1.09 bits per heavy atom. The summed E-state index contributed by atoms with van der Waals surface area (Å²) in [6, 6.07) is 6.38. The molecule has 6 heteroatoms. The van der Waals surface area contributed by atoms with Gasteiger partial charge in [-0.25, -0.2) is 4.79 Å². The van der Waals surface area contributed by atoms with Gasteiger partial charge in [0, 0.05) is 11.6 Å². The number of hydrogen-bond acceptors (Lipinski definition) is 6. The number of carbonyl (C=O) groups excluding carboxylic acids is 3. The van der Waals surface area contributed by atoms with Gasteiger partial charge in [0.05, 0.1) is 32.0 Å². The van der Waals surface area contributed by atoms with Gasteiger partial charge in [-0.1, -0.05) is 18.2 Å². The molecule has 0 spiro atoms. The molecule has 0 atom stereocenters. The van der Waals surface area contributed by atoms with Crippen LogP contribution in [0.2, 0.25) is 0 Å². The molecule has 0 bridgehead atoms. The summed E-state index contributed by atoms with van der Waals surface area (Å²) in [7, 11) is 2.59. The molecule has 1 aliphatic rings. The molecule has 120 valence electrons. The molecule has 0 amide bonds. The van der Waals surface area contributed by atoms with Crippen molar-refractivity contribution in [3.8, 4) is 0 Å². The average molecular weight is 316 g/mol. The molecule has 0 radical (unpaired) electrons. The summed E-state index contributed by atoms with van der Waals surface area (Å²) in [5.74, 6) is -1.85. The molecule has 6 nitrogen and oxygen atoms in total. The standard InChI is InChI=1S/C17H16O6/c1-4-23-17(20)11-8-6-5-7-10(11)14-15(19)13(21-2)9-12(18)16(14)22-3/h5-9H,4H2,1-3H3. The Hall–Kier alpha value is -2.89. The van der Waals surface area contributed by atoms with Crippen molar-refractivity contribution in [1.29, 1.82) is 0 Å². The first-order chi connectivity index (χ1) is 11.0. The highest BCUT2D eigenvalue weighted by Crippen LogP contribution is 2.31. The van der Waals surface area contributed by atoms with Crippen LogP contribution in [0.1, 0.15) is 22.8 Å². The monoisotopic (exact) mass is 316 g/mol. The van der Waals surface area contributed by atoms with Crippen LogP contribution in [-0.4, -0.2) is 38.4 Å². The largest absolute Gasteiger partial charge is 0.492 e. The second-order valence-electron chi connectivity index (χ2n) is 4.58. The molecule has 0 aromatic heterocycles. The molecule has 0 N–H and O–H groups in total. The normalized spacial score (nSPS) is 14.5. The molecule has 1 aromatic carbocycles. The van der Waals surface area contributed by atoms with Crippen LogP contribution < -0.4 is 0 Å². The van der Waals surface area contributed by atoms with E-state index < -0.39 is 17.5 Å². The first-order valence-corrected chi connectivity index (χ1v) is 6.94. The summed E-state index contributed by atoms with van der Waals surface area (Å²) < 4.78 is 15.0. The van der Waals surface area contributed by atoms with Crippen LogP contribution in [0.25, 0.3) is 5.57 Å². The van der Waals surface area contributed by atoms with Crippen molar-refractivity contribution in [2.24, 2.45) is 0 Å². The zero-order valence-electron chi connectivity index (χ0n) is 13.0. The lowest BCUT2D eigenvalue weighted by Gasteiger charge is -2.19. The van der Waals surface area contributed by atoms with Crippen LogP contribution in [-0.2, 0) is 23.8 Å². The van der Waals surface area contributed by atoms with Crippen LogP contribution in [0.4, 0.5) is 0 Å². The molecule has 1 aromatic rings. The number of carbonyl (C=O) groups is 3. The minimum atomic E-state index is -0.583. The van der Waals surface area contributed by atoms with E-state index in [1.807, 2.05) is 0 Å². The number of esters is 1. The first-order valence-electron chi connectivity index (χ1n) is 6.94. The summed E-state index contributed by atoms with van der Waals surface area (Å²) in [4.78, 5) is 36.8. The van der Waals surface area contributed by atoms with Gasteiger partial charge in [0.25, 0.3) is 0 Å². The molecule has 0 fully saturated rings. The lowest BCUT2D eigenvalue weighted by molar-refractivity contribution is -0.118. The predicted molar refractivity (Wildman–Crippen MR) is 81.4 cm³/mol. The van der Waals surface area contributed by atoms with Gasteiger partial charge in [-0.15, -0.1) is 0 Å². The number of rotatable bonds is 5. The van der Waals surface area contributed by atoms with Gasteiger partial charge in [-0.2, -0.15) is 0 Å². The molecule has 1 aliphatic carbocycles. The Morgan fingerprint density at radius 2 is 1.78 bits per heavy atom. The maximum atomic E-state index is 12.6. The number of ketones is 2. The number of methoxy groups -OCH3 is 2. The van der Waals surface area contributed by atoms with Gasteiger partial charge in [0.15, 0.2) is 11.5 Å². The van der Waals surface area contributed by atoms with Crippen molar-refractivity contribution in [2.75, 3.05) is 20.8 Å². The summed E-state index contributed by atoms with van der Waals surface area (Å²) in [5.41, 5.74) is 0.432. The van der Waals surface area contributed by atoms with Crippen LogP contribution in [0.3, 0.4) is 0 Å². The average Bonchev–Trinajstić information content (AvgIpc) is 2.56. The van der Waals surface area contributed by atoms with E-state index in [0.29, 0.717) is 0 Å². The topological polar surface area (TPSA) is 78.9 Å². The fourth-order valence-corrected chi connectivity index (χ4v) is 2.29. The Labute approximate surface area is 133 Å². The van der Waals surface area contributed by atoms with E-state index in [9.17, 15) is 14.4 Å². The van der Waals surface area contributed by atoms with E-state index in [1.165, 1.54) is 20.3 Å². The van der Waals surface area contributed by atoms with E-state index in [1.54, 1.807) is 25.1 Å². The Morgan fingerprint density at radius 3 is 2.39 bits per heavy atom. The summed E-state index contributed by atoms with van der Waals surface area (Å²) in [6.07, 6.45) is 1.07. The Balaban J connectivity index is 2.65. The third-order valence-electron chi connectivity index (χ3n) is 3.28. The smallest absolute Gasteiger partial charge is 0.338 e. The third kappa shape index (κ3) is 3.01. The molecule has 2 rings (SSSR count). The lowest BCUT2D eigenvalue weighted by Crippen LogP contribution is -2.22. The molecular weight excluding hydrogens is 300 g/mol. The lowest BCUT2D eigenvalue weighted by atomic mass is 9.90. The summed E-state index contributed by atoms with van der Waals surface area (Å²) >= 11 is 0. The SMILES string of the molecule is CCOC(=O)c1ccccc1C1=C(OC)C(=O)C=C(OC)C1=O. The maximum absolute atomic E-state index is 12.6. The highest BCUT2D eigenvalue weighted by atomic mass is 16.5. The van der Waals surface area contributed by atoms with Gasteiger partial charge in [-0.3, -0.25) is 9.59 Å². The maximum Gasteiger partial charge on any atom is 0.338 e. The van der Waals surface area contributed by atoms with Crippen molar-refractivity contribution in [3.63, 3.8) is 0 Å². The quantitative estimate of drug-likeness (QED) is 0.610. The van der Waals surface area contributed by atoms with Crippen LogP contribution in [0.5, 0.6) is 0 Å². The highest BCUT2D eigenvalue weighted by Gasteiger charge is 2.33. The number of benzene rings is 1. The van der Waals surface area contributed by atoms with E-state index in [-0.39, 0.29) is 34.8 Å². The molecule has 0 saturated carbocycles. The van der Waals surface area contributed by atoms with E-state index in [2.05, 4.69) is 0 Å². The van der Waals surface area contributed by atoms with Crippen LogP contribution in [0, 0.1) is 0 Å². The fourth-order valence-electron chi connectivity index (χ4n) is 2.29. The minimum Gasteiger partial charge on any atom is -0.492 e. The summed E-state index contributed by atoms with van der Waals surface area (Å²) in [5, 5.41) is 0. The first kappa shape index (κ1) is 16.5. The number of allylic oxidation sites excluding steroid dienone is 2. The van der Waals surface area contributed by atoms with Crippen molar-refractivity contribution in [2.45, 2.75) is 6.92 Å². The van der Waals surface area contributed by atoms with Crippen molar-refractivity contribution in [1.82, 2.24) is 0 Å². The van der Waals surface area contributed by atoms with Crippen LogP contribution in [0.15, 0.2) is 41.9 Å². The Kier molecular flexibility index (Phi) is 4.95. The fraction of sp³-hybridized carbons (Fsp3) is 0.235. The Bertz CT molecular complexity index is 726. The molecule has 0 aliphatic heterocycles. The van der Waals surface area contributed by atoms with E-state index in [4.69, 9.17) is 14.2 Å². The van der Waals surface area contributed by atoms with E-state index in [0.717, 1.165) is 6.08 Å². The zero-order valence-corrected chi connectivity index (χ0v) is 13.0. The van der Waals surface area contributed by atoms with E-state index >= 15 is 0 Å². The second-order valence-corrected chi connectivity index (χ2v) is 4.58. The molecular formula is C17H16O6. The van der Waals surface area contributed by atoms with Crippen molar-refractivity contribution < 1.29 is 28.6 Å². The van der Waals surface area contributed by atoms with Gasteiger partial charge in [0.2, 0.25) is 11.6 Å². The van der Waals surface area contributed by atoms with Gasteiger partial charge in [0.1, 0.15) is 0 Å². The van der Waals surface area contributed by atoms with Gasteiger partial charge >= 0.3 is 5.97 Å². The minimum absolute atomic E-state index is 0.0134. The van der Waals surface area contributed by atoms with Crippen molar-refractivity contribution in [3.05, 3.63) is 53.0 Å². The number of Topliss-reactive ketones (excluding diaryl/α,β-unsaturated/α-hetero) is 1. The zero-order chi connectivity index (χ0) is 17.0. The molecule has 23 heavy (non-hydrogen) atoms. The van der Waals surface area contributed by atoms with Crippen molar-refractivity contribution >= 4 is 23.1 Å². The number of ether oxygens (including phenoxy) is 3. The molecule has 0 heterocycles. The van der Waals surface area contributed by atoms with Gasteiger partial charge < -0.3 is 14.2 Å². The van der Waals surface area contributed by atoms with Crippen LogP contribution >= 0.6 is 0 Å². The molecule has 0 saturated heterocycles. The molecule has 0 unspecified atom stereocenters. The van der Waals surface area contributed by atoms with Gasteiger partial charge in [-0.05, 0) is 13.0 Å². The third-order valence-corrected chi connectivity index (χ3v) is 3.28. The predicted octanol–water partition coefficient (Wildman–Crippen LogP) is 1.90.